The number of aryl methyl sites for hydroxylation is 2. The lowest BCUT2D eigenvalue weighted by Crippen LogP contribution is -2.03. The number of fused-ring (bicyclic) bond motifs is 1. The molecule has 26 heavy (non-hydrogen) atoms. The predicted molar refractivity (Wildman–Crippen MR) is 102 cm³/mol. The molecular weight excluding hydrogens is 328 g/mol. The normalized spacial score (nSPS) is 21.2. The minimum atomic E-state index is 0.363. The highest BCUT2D eigenvalue weighted by molar-refractivity contribution is 5.83. The average Bonchev–Trinajstić information content (AvgIpc) is 3.56. The van der Waals surface area contributed by atoms with E-state index in [0.29, 0.717) is 12.2 Å². The highest BCUT2D eigenvalue weighted by Crippen LogP contribution is 2.20. The first kappa shape index (κ1) is 17.9. The SMILES string of the molecule is c1cc2ccc(CCCOCC3CO3)cc2cc1CCCOCC1CO1. The van der Waals surface area contributed by atoms with Crippen LogP contribution >= 0.6 is 0 Å². The van der Waals surface area contributed by atoms with Crippen molar-refractivity contribution in [1.82, 2.24) is 0 Å². The third-order valence-corrected chi connectivity index (χ3v) is 4.89. The molecule has 0 saturated carbocycles. The Morgan fingerprint density at radius 3 is 1.69 bits per heavy atom. The second-order valence-electron chi connectivity index (χ2n) is 7.28. The predicted octanol–water partition coefficient (Wildman–Crippen LogP) is 3.54. The first-order valence-electron chi connectivity index (χ1n) is 9.77. The first-order chi connectivity index (χ1) is 12.9. The topological polar surface area (TPSA) is 43.5 Å². The summed E-state index contributed by atoms with van der Waals surface area (Å²) in [5.41, 5.74) is 2.77. The number of benzene rings is 2. The molecule has 0 N–H and O–H groups in total. The minimum Gasteiger partial charge on any atom is -0.379 e. The monoisotopic (exact) mass is 356 g/mol. The average molecular weight is 356 g/mol. The summed E-state index contributed by atoms with van der Waals surface area (Å²) in [7, 11) is 0. The molecule has 140 valence electrons. The van der Waals surface area contributed by atoms with E-state index >= 15 is 0 Å². The third-order valence-electron chi connectivity index (χ3n) is 4.89. The van der Waals surface area contributed by atoms with Gasteiger partial charge in [0.25, 0.3) is 0 Å². The molecule has 2 heterocycles. The van der Waals surface area contributed by atoms with Crippen molar-refractivity contribution in [2.45, 2.75) is 37.9 Å². The van der Waals surface area contributed by atoms with Gasteiger partial charge in [-0.25, -0.2) is 0 Å². The van der Waals surface area contributed by atoms with E-state index in [1.54, 1.807) is 0 Å². The van der Waals surface area contributed by atoms with E-state index in [2.05, 4.69) is 36.4 Å². The van der Waals surface area contributed by atoms with E-state index in [4.69, 9.17) is 18.9 Å². The molecule has 4 heteroatoms. The zero-order valence-corrected chi connectivity index (χ0v) is 15.3. The summed E-state index contributed by atoms with van der Waals surface area (Å²) in [4.78, 5) is 0. The van der Waals surface area contributed by atoms with E-state index in [1.807, 2.05) is 0 Å². The Hall–Kier alpha value is -1.46. The molecule has 0 spiro atoms. The van der Waals surface area contributed by atoms with Crippen LogP contribution in [-0.2, 0) is 31.8 Å². The van der Waals surface area contributed by atoms with Gasteiger partial charge >= 0.3 is 0 Å². The Morgan fingerprint density at radius 1 is 0.731 bits per heavy atom. The molecule has 0 aliphatic carbocycles. The van der Waals surface area contributed by atoms with Crippen molar-refractivity contribution in [1.29, 1.82) is 0 Å². The summed E-state index contributed by atoms with van der Waals surface area (Å²) in [5, 5.41) is 2.64. The Balaban J connectivity index is 1.23. The van der Waals surface area contributed by atoms with E-state index in [0.717, 1.165) is 65.3 Å². The highest BCUT2D eigenvalue weighted by atomic mass is 16.6. The Morgan fingerprint density at radius 2 is 1.23 bits per heavy atom. The fraction of sp³-hybridized carbons (Fsp3) is 0.545. The Bertz CT molecular complexity index is 650. The largest absolute Gasteiger partial charge is 0.379 e. The molecule has 2 aliphatic rings. The van der Waals surface area contributed by atoms with Crippen LogP contribution < -0.4 is 0 Å². The van der Waals surface area contributed by atoms with Crippen LogP contribution in [0.2, 0.25) is 0 Å². The zero-order valence-electron chi connectivity index (χ0n) is 15.3. The lowest BCUT2D eigenvalue weighted by Gasteiger charge is -2.07. The summed E-state index contributed by atoms with van der Waals surface area (Å²) in [5.74, 6) is 0. The van der Waals surface area contributed by atoms with E-state index in [9.17, 15) is 0 Å². The van der Waals surface area contributed by atoms with E-state index in [1.165, 1.54) is 21.9 Å². The van der Waals surface area contributed by atoms with Gasteiger partial charge in [-0.05, 0) is 47.6 Å². The summed E-state index contributed by atoms with van der Waals surface area (Å²) in [6.07, 6.45) is 4.95. The van der Waals surface area contributed by atoms with Crippen LogP contribution in [0.1, 0.15) is 24.0 Å². The van der Waals surface area contributed by atoms with Crippen molar-refractivity contribution >= 4 is 10.8 Å². The van der Waals surface area contributed by atoms with Crippen molar-refractivity contribution < 1.29 is 18.9 Å². The fourth-order valence-corrected chi connectivity index (χ4v) is 3.17. The lowest BCUT2D eigenvalue weighted by molar-refractivity contribution is 0.114. The van der Waals surface area contributed by atoms with Crippen LogP contribution in [0.4, 0.5) is 0 Å². The van der Waals surface area contributed by atoms with Crippen LogP contribution in [0.15, 0.2) is 36.4 Å². The molecule has 2 aliphatic heterocycles. The van der Waals surface area contributed by atoms with Crippen molar-refractivity contribution in [2.75, 3.05) is 39.6 Å². The Labute approximate surface area is 155 Å². The molecule has 0 radical (unpaired) electrons. The number of epoxide rings is 2. The van der Waals surface area contributed by atoms with E-state index in [-0.39, 0.29) is 0 Å². The van der Waals surface area contributed by atoms with Crippen LogP contribution in [0.3, 0.4) is 0 Å². The molecule has 4 nitrogen and oxygen atoms in total. The molecule has 0 amide bonds. The maximum atomic E-state index is 5.62. The van der Waals surface area contributed by atoms with Gasteiger partial charge in [0.2, 0.25) is 0 Å². The minimum absolute atomic E-state index is 0.363. The molecule has 2 fully saturated rings. The van der Waals surface area contributed by atoms with Crippen molar-refractivity contribution in [3.05, 3.63) is 47.5 Å². The number of hydrogen-bond acceptors (Lipinski definition) is 4. The van der Waals surface area contributed by atoms with Crippen molar-refractivity contribution in [3.8, 4) is 0 Å². The third kappa shape index (κ3) is 5.78. The molecule has 2 aromatic carbocycles. The molecule has 2 aromatic rings. The molecular formula is C22H28O4. The van der Waals surface area contributed by atoms with Gasteiger partial charge < -0.3 is 18.9 Å². The summed E-state index contributed by atoms with van der Waals surface area (Å²) >= 11 is 0. The second kappa shape index (κ2) is 8.96. The highest BCUT2D eigenvalue weighted by Gasteiger charge is 2.22. The fourth-order valence-electron chi connectivity index (χ4n) is 3.17. The molecule has 2 unspecified atom stereocenters. The molecule has 4 rings (SSSR count). The summed E-state index contributed by atoms with van der Waals surface area (Å²) in [6, 6.07) is 13.6. The number of rotatable bonds is 12. The van der Waals surface area contributed by atoms with Crippen LogP contribution in [0.5, 0.6) is 0 Å². The van der Waals surface area contributed by atoms with Crippen LogP contribution in [0.25, 0.3) is 10.8 Å². The first-order valence-corrected chi connectivity index (χ1v) is 9.77. The standard InChI is InChI=1S/C22H28O4/c1(9-23-13-21-15-25-21)3-17-5-7-19-8-6-18(12-20(19)11-17)4-2-10-24-14-22-16-26-22/h5-8,11-12,21-22H,1-4,9-10,13-16H2. The quantitative estimate of drug-likeness (QED) is 0.431. The van der Waals surface area contributed by atoms with Crippen molar-refractivity contribution in [3.63, 3.8) is 0 Å². The summed E-state index contributed by atoms with van der Waals surface area (Å²) in [6.45, 7) is 4.85. The van der Waals surface area contributed by atoms with Gasteiger partial charge in [-0.15, -0.1) is 0 Å². The Kier molecular flexibility index (Phi) is 6.18. The number of ether oxygens (including phenoxy) is 4. The van der Waals surface area contributed by atoms with Crippen LogP contribution in [-0.4, -0.2) is 51.8 Å². The van der Waals surface area contributed by atoms with Gasteiger partial charge in [-0.2, -0.15) is 0 Å². The smallest absolute Gasteiger partial charge is 0.104 e. The van der Waals surface area contributed by atoms with Gasteiger partial charge in [-0.3, -0.25) is 0 Å². The molecule has 0 aromatic heterocycles. The van der Waals surface area contributed by atoms with Crippen molar-refractivity contribution in [2.24, 2.45) is 0 Å². The second-order valence-corrected chi connectivity index (χ2v) is 7.28. The maximum absolute atomic E-state index is 5.62. The molecule has 0 bridgehead atoms. The van der Waals surface area contributed by atoms with Gasteiger partial charge in [-0.1, -0.05) is 36.4 Å². The molecule has 2 saturated heterocycles. The molecule has 2 atom stereocenters. The van der Waals surface area contributed by atoms with Crippen LogP contribution in [0, 0.1) is 0 Å². The van der Waals surface area contributed by atoms with Gasteiger partial charge in [0.05, 0.1) is 26.4 Å². The zero-order chi connectivity index (χ0) is 17.6. The van der Waals surface area contributed by atoms with Gasteiger partial charge in [0.15, 0.2) is 0 Å². The maximum Gasteiger partial charge on any atom is 0.104 e. The van der Waals surface area contributed by atoms with Gasteiger partial charge in [0, 0.05) is 13.2 Å². The van der Waals surface area contributed by atoms with E-state index < -0.39 is 0 Å². The number of hydrogen-bond donors (Lipinski definition) is 0. The summed E-state index contributed by atoms with van der Waals surface area (Å²) < 4.78 is 21.5. The van der Waals surface area contributed by atoms with Gasteiger partial charge in [0.1, 0.15) is 12.2 Å². The lowest BCUT2D eigenvalue weighted by atomic mass is 10.0.